The normalized spacial score (nSPS) is 11.4. The second-order valence-corrected chi connectivity index (χ2v) is 5.21. The third-order valence-corrected chi connectivity index (χ3v) is 3.53. The highest BCUT2D eigenvalue weighted by Crippen LogP contribution is 2.21. The third-order valence-electron chi connectivity index (χ3n) is 1.93. The summed E-state index contributed by atoms with van der Waals surface area (Å²) in [6, 6.07) is 3.53. The highest BCUT2D eigenvalue weighted by atomic mass is 35.5. The van der Waals surface area contributed by atoms with Gasteiger partial charge in [-0.25, -0.2) is 9.37 Å². The topological polar surface area (TPSA) is 74.8 Å². The summed E-state index contributed by atoms with van der Waals surface area (Å²) in [6.45, 7) is 0. The maximum absolute atomic E-state index is 12.9. The van der Waals surface area contributed by atoms with Gasteiger partial charge in [0.05, 0.1) is 23.2 Å². The van der Waals surface area contributed by atoms with Gasteiger partial charge in [0, 0.05) is 0 Å². The molecule has 0 radical (unpaired) electrons. The smallest absolute Gasteiger partial charge is 0.278 e. The van der Waals surface area contributed by atoms with Gasteiger partial charge in [-0.2, -0.15) is 8.42 Å². The van der Waals surface area contributed by atoms with Gasteiger partial charge in [0.25, 0.3) is 10.0 Å². The highest BCUT2D eigenvalue weighted by Gasteiger charge is 2.15. The fourth-order valence-electron chi connectivity index (χ4n) is 1.16. The van der Waals surface area contributed by atoms with E-state index in [2.05, 4.69) is 14.7 Å². The van der Waals surface area contributed by atoms with Crippen molar-refractivity contribution in [1.82, 2.24) is 9.97 Å². The summed E-state index contributed by atoms with van der Waals surface area (Å²) in [4.78, 5) is 6.06. The molecular weight excluding hydrogens is 269 g/mol. The highest BCUT2D eigenvalue weighted by molar-refractivity contribution is 7.92. The van der Waals surface area contributed by atoms with Crippen LogP contribution < -0.4 is 4.72 Å². The predicted molar refractivity (Wildman–Crippen MR) is 60.8 cm³/mol. The molecule has 1 aromatic carbocycles. The van der Waals surface area contributed by atoms with Crippen molar-refractivity contribution >= 4 is 27.3 Å². The fourth-order valence-corrected chi connectivity index (χ4v) is 2.30. The van der Waals surface area contributed by atoms with Crippen molar-refractivity contribution in [3.63, 3.8) is 0 Å². The Morgan fingerprint density at radius 2 is 2.18 bits per heavy atom. The van der Waals surface area contributed by atoms with Crippen molar-refractivity contribution in [2.75, 3.05) is 4.72 Å². The molecule has 1 heterocycles. The Bertz CT molecular complexity index is 628. The van der Waals surface area contributed by atoms with Crippen molar-refractivity contribution < 1.29 is 12.8 Å². The van der Waals surface area contributed by atoms with Crippen LogP contribution >= 0.6 is 11.6 Å². The van der Waals surface area contributed by atoms with Crippen LogP contribution in [0.25, 0.3) is 0 Å². The van der Waals surface area contributed by atoms with Gasteiger partial charge in [0.15, 0.2) is 5.03 Å². The number of nitrogens with one attached hydrogen (secondary N) is 2. The van der Waals surface area contributed by atoms with Crippen molar-refractivity contribution in [2.45, 2.75) is 5.03 Å². The van der Waals surface area contributed by atoms with Gasteiger partial charge >= 0.3 is 0 Å². The maximum atomic E-state index is 12.9. The first kappa shape index (κ1) is 11.9. The lowest BCUT2D eigenvalue weighted by Gasteiger charge is -2.06. The Labute approximate surface area is 102 Å². The van der Waals surface area contributed by atoms with Gasteiger partial charge in [0.2, 0.25) is 0 Å². The molecule has 0 spiro atoms. The Hall–Kier alpha value is -1.60. The summed E-state index contributed by atoms with van der Waals surface area (Å²) in [5, 5.41) is -0.243. The van der Waals surface area contributed by atoms with Gasteiger partial charge in [-0.15, -0.1) is 0 Å². The summed E-state index contributed by atoms with van der Waals surface area (Å²) in [5.74, 6) is -0.615. The molecule has 0 aliphatic carbocycles. The first-order valence-corrected chi connectivity index (χ1v) is 6.31. The molecule has 0 saturated heterocycles. The van der Waals surface area contributed by atoms with Crippen LogP contribution in [0.2, 0.25) is 5.02 Å². The van der Waals surface area contributed by atoms with E-state index in [4.69, 9.17) is 11.6 Å². The fraction of sp³-hybridized carbons (Fsp3) is 0. The molecule has 0 amide bonds. The number of anilines is 1. The molecule has 0 unspecified atom stereocenters. The first-order chi connectivity index (χ1) is 7.99. The monoisotopic (exact) mass is 275 g/mol. The average molecular weight is 276 g/mol. The predicted octanol–water partition coefficient (Wildman–Crippen LogP) is 2.00. The minimum Gasteiger partial charge on any atom is -0.334 e. The summed E-state index contributed by atoms with van der Waals surface area (Å²) in [6.07, 6.45) is 2.40. The van der Waals surface area contributed by atoms with E-state index in [1.165, 1.54) is 18.5 Å². The van der Waals surface area contributed by atoms with E-state index in [1.54, 1.807) is 0 Å². The van der Waals surface area contributed by atoms with Gasteiger partial charge in [0.1, 0.15) is 5.82 Å². The quantitative estimate of drug-likeness (QED) is 0.900. The molecule has 1 aromatic heterocycles. The molecule has 2 rings (SSSR count). The number of halogens is 2. The number of aromatic amines is 1. The number of benzene rings is 1. The van der Waals surface area contributed by atoms with E-state index in [0.717, 1.165) is 12.3 Å². The Morgan fingerprint density at radius 3 is 2.76 bits per heavy atom. The number of hydrogen-bond acceptors (Lipinski definition) is 3. The number of H-pyrrole nitrogens is 1. The second kappa shape index (κ2) is 4.34. The van der Waals surface area contributed by atoms with Crippen LogP contribution in [-0.4, -0.2) is 18.4 Å². The maximum Gasteiger partial charge on any atom is 0.278 e. The molecule has 0 aliphatic rings. The number of nitrogens with zero attached hydrogens (tertiary/aromatic N) is 1. The number of imidazole rings is 1. The number of aromatic nitrogens is 2. The van der Waals surface area contributed by atoms with Crippen LogP contribution in [0.3, 0.4) is 0 Å². The summed E-state index contributed by atoms with van der Waals surface area (Å²) in [7, 11) is -3.75. The minimum atomic E-state index is -3.75. The van der Waals surface area contributed by atoms with E-state index in [-0.39, 0.29) is 15.7 Å². The van der Waals surface area contributed by atoms with Gasteiger partial charge < -0.3 is 4.98 Å². The number of rotatable bonds is 3. The molecule has 0 fully saturated rings. The molecule has 2 aromatic rings. The van der Waals surface area contributed by atoms with Gasteiger partial charge in [-0.1, -0.05) is 11.6 Å². The van der Waals surface area contributed by atoms with Crippen molar-refractivity contribution in [3.8, 4) is 0 Å². The second-order valence-electron chi connectivity index (χ2n) is 3.15. The molecule has 90 valence electrons. The summed E-state index contributed by atoms with van der Waals surface area (Å²) < 4.78 is 38.6. The average Bonchev–Trinajstić information content (AvgIpc) is 2.77. The largest absolute Gasteiger partial charge is 0.334 e. The van der Waals surface area contributed by atoms with E-state index in [9.17, 15) is 12.8 Å². The van der Waals surface area contributed by atoms with Gasteiger partial charge in [-0.3, -0.25) is 4.72 Å². The van der Waals surface area contributed by atoms with Crippen LogP contribution in [-0.2, 0) is 10.0 Å². The van der Waals surface area contributed by atoms with E-state index >= 15 is 0 Å². The van der Waals surface area contributed by atoms with Crippen LogP contribution in [0.4, 0.5) is 10.1 Å². The molecule has 0 atom stereocenters. The molecule has 8 heteroatoms. The SMILES string of the molecule is O=S(=O)(Nc1ccc(F)c(Cl)c1)c1cnc[nH]1. The zero-order chi connectivity index (χ0) is 12.5. The third kappa shape index (κ3) is 2.56. The zero-order valence-electron chi connectivity index (χ0n) is 8.31. The standard InChI is InChI=1S/C9H7ClFN3O2S/c10-7-3-6(1-2-8(7)11)14-17(15,16)9-4-12-5-13-9/h1-5,14H,(H,12,13). The van der Waals surface area contributed by atoms with Crippen molar-refractivity contribution in [2.24, 2.45) is 0 Å². The molecule has 2 N–H and O–H groups in total. The van der Waals surface area contributed by atoms with E-state index < -0.39 is 15.8 Å². The molecular formula is C9H7ClFN3O2S. The van der Waals surface area contributed by atoms with Crippen LogP contribution in [0, 0.1) is 5.82 Å². The molecule has 0 bridgehead atoms. The van der Waals surface area contributed by atoms with E-state index in [0.29, 0.717) is 0 Å². The lowest BCUT2D eigenvalue weighted by Crippen LogP contribution is -2.13. The summed E-state index contributed by atoms with van der Waals surface area (Å²) in [5.41, 5.74) is 0.172. The van der Waals surface area contributed by atoms with Crippen LogP contribution in [0.1, 0.15) is 0 Å². The number of hydrogen-bond donors (Lipinski definition) is 2. The Morgan fingerprint density at radius 1 is 1.41 bits per heavy atom. The number of sulfonamides is 1. The first-order valence-electron chi connectivity index (χ1n) is 4.45. The minimum absolute atomic E-state index is 0.0852. The van der Waals surface area contributed by atoms with Gasteiger partial charge in [-0.05, 0) is 18.2 Å². The Balaban J connectivity index is 2.30. The lowest BCUT2D eigenvalue weighted by atomic mass is 10.3. The Kier molecular flexibility index (Phi) is 3.03. The lowest BCUT2D eigenvalue weighted by molar-refractivity contribution is 0.598. The van der Waals surface area contributed by atoms with Crippen molar-refractivity contribution in [1.29, 1.82) is 0 Å². The van der Waals surface area contributed by atoms with Crippen molar-refractivity contribution in [3.05, 3.63) is 41.6 Å². The van der Waals surface area contributed by atoms with Crippen LogP contribution in [0.15, 0.2) is 35.7 Å². The van der Waals surface area contributed by atoms with Crippen LogP contribution in [0.5, 0.6) is 0 Å². The molecule has 17 heavy (non-hydrogen) atoms. The van der Waals surface area contributed by atoms with E-state index in [1.807, 2.05) is 0 Å². The molecule has 5 nitrogen and oxygen atoms in total. The summed E-state index contributed by atoms with van der Waals surface area (Å²) >= 11 is 5.54. The zero-order valence-corrected chi connectivity index (χ0v) is 9.89. The molecule has 0 saturated carbocycles. The molecule has 0 aliphatic heterocycles.